The van der Waals surface area contributed by atoms with E-state index >= 15 is 0 Å². The van der Waals surface area contributed by atoms with Crippen molar-refractivity contribution in [3.05, 3.63) is 82.7 Å². The van der Waals surface area contributed by atoms with E-state index in [9.17, 15) is 43.7 Å². The third kappa shape index (κ3) is 12.8. The van der Waals surface area contributed by atoms with Crippen LogP contribution in [0.4, 0.5) is 11.5 Å². The molecule has 1 amide bonds. The topological polar surface area (TPSA) is 238 Å². The van der Waals surface area contributed by atoms with E-state index < -0.39 is 52.7 Å². The molecular formula is C39H55ClN5O10S3+. The van der Waals surface area contributed by atoms with E-state index in [0.29, 0.717) is 74.6 Å². The van der Waals surface area contributed by atoms with Crippen LogP contribution in [0.3, 0.4) is 0 Å². The minimum Gasteiger partial charge on any atom is -0.356 e. The lowest BCUT2D eigenvalue weighted by Gasteiger charge is -2.30. The fourth-order valence-electron chi connectivity index (χ4n) is 7.38. The third-order valence-corrected chi connectivity index (χ3v) is 13.1. The first-order valence-electron chi connectivity index (χ1n) is 19.2. The predicted octanol–water partition coefficient (Wildman–Crippen LogP) is 5.37. The fourth-order valence-corrected chi connectivity index (χ4v) is 9.18. The number of nitrogens with two attached hydrogens (primary N) is 1. The van der Waals surface area contributed by atoms with Crippen LogP contribution >= 0.6 is 11.6 Å². The molecule has 3 heterocycles. The Bertz CT molecular complexity index is 2290. The lowest BCUT2D eigenvalue weighted by Crippen LogP contribution is -2.36. The lowest BCUT2D eigenvalue weighted by atomic mass is 9.77. The van der Waals surface area contributed by atoms with Crippen molar-refractivity contribution in [2.45, 2.75) is 101 Å². The molecule has 0 bridgehead atoms. The van der Waals surface area contributed by atoms with E-state index in [1.165, 1.54) is 12.1 Å². The monoisotopic (exact) mass is 884 g/mol. The van der Waals surface area contributed by atoms with Crippen LogP contribution in [0.1, 0.15) is 89.7 Å². The molecule has 1 aromatic heterocycles. The molecule has 6 N–H and O–H groups in total. The van der Waals surface area contributed by atoms with Crippen LogP contribution in [-0.4, -0.2) is 81.7 Å². The average molecular weight is 886 g/mol. The Kier molecular flexibility index (Phi) is 16.0. The molecule has 0 spiro atoms. The van der Waals surface area contributed by atoms with Crippen LogP contribution in [0.5, 0.6) is 0 Å². The van der Waals surface area contributed by atoms with Crippen LogP contribution in [0.2, 0.25) is 5.02 Å². The number of nitrogens with one attached hydrogen (secondary N) is 1. The standard InChI is InChI=1S/C39H54ClN5O10S3/c1-38(2)32-26-29(40)28-44(22-13-25-57(50,51)52)37(32)43-34(38)14-6-4-7-15-35-39(3,19-9-11-24-56(47,48)49)31-27-30(58(53,54)55)17-18-33(31)45(35)23-10-5-8-16-36(46)42-21-12-20-41/h4,6-7,14-15,17-18,26-28H,5,8-13,16,19-25,41H2,1-3H3,(H3-,42,46,47,48,49,50,51,52,53,54,55)/p+1. The maximum Gasteiger partial charge on any atom is 0.327 e. The molecule has 1 aromatic carbocycles. The summed E-state index contributed by atoms with van der Waals surface area (Å²) in [7, 11) is -12.9. The highest BCUT2D eigenvalue weighted by molar-refractivity contribution is 7.86. The molecule has 19 heteroatoms. The van der Waals surface area contributed by atoms with Gasteiger partial charge in [-0.25, -0.2) is 4.57 Å². The van der Waals surface area contributed by atoms with Crippen molar-refractivity contribution in [1.29, 1.82) is 0 Å². The maximum atomic E-state index is 12.3. The highest BCUT2D eigenvalue weighted by Gasteiger charge is 2.44. The van der Waals surface area contributed by atoms with Crippen molar-refractivity contribution in [2.75, 3.05) is 36.0 Å². The highest BCUT2D eigenvalue weighted by atomic mass is 35.5. The van der Waals surface area contributed by atoms with E-state index in [4.69, 9.17) is 22.3 Å². The number of aromatic nitrogens is 1. The minimum atomic E-state index is -4.55. The number of pyridine rings is 1. The van der Waals surface area contributed by atoms with Gasteiger partial charge in [-0.1, -0.05) is 42.7 Å². The number of carbonyl (C=O) groups excluding carboxylic acids is 1. The zero-order chi connectivity index (χ0) is 42.9. The quantitative estimate of drug-likeness (QED) is 0.0434. The van der Waals surface area contributed by atoms with Crippen LogP contribution in [-0.2, 0) is 52.5 Å². The smallest absolute Gasteiger partial charge is 0.327 e. The van der Waals surface area contributed by atoms with Gasteiger partial charge in [-0.2, -0.15) is 25.3 Å². The van der Waals surface area contributed by atoms with Crippen molar-refractivity contribution in [2.24, 2.45) is 10.7 Å². The molecular weight excluding hydrogens is 830 g/mol. The van der Waals surface area contributed by atoms with Crippen LogP contribution < -0.4 is 20.5 Å². The van der Waals surface area contributed by atoms with Gasteiger partial charge in [-0.15, -0.1) is 0 Å². The van der Waals surface area contributed by atoms with Gasteiger partial charge in [0.1, 0.15) is 6.20 Å². The molecule has 58 heavy (non-hydrogen) atoms. The zero-order valence-corrected chi connectivity index (χ0v) is 36.3. The first kappa shape index (κ1) is 47.2. The number of allylic oxidation sites excluding steroid dienone is 6. The van der Waals surface area contributed by atoms with Crippen molar-refractivity contribution in [3.8, 4) is 0 Å². The number of unbranched alkanes of at least 4 members (excludes halogenated alkanes) is 3. The molecule has 15 nitrogen and oxygen atoms in total. The van der Waals surface area contributed by atoms with Crippen molar-refractivity contribution in [1.82, 2.24) is 5.32 Å². The predicted molar refractivity (Wildman–Crippen MR) is 226 cm³/mol. The van der Waals surface area contributed by atoms with E-state index in [0.717, 1.165) is 29.1 Å². The van der Waals surface area contributed by atoms with Gasteiger partial charge in [0.2, 0.25) is 5.91 Å². The van der Waals surface area contributed by atoms with Gasteiger partial charge in [0.05, 0.1) is 38.9 Å². The van der Waals surface area contributed by atoms with E-state index in [-0.39, 0.29) is 30.2 Å². The molecule has 0 saturated carbocycles. The van der Waals surface area contributed by atoms with Crippen LogP contribution in [0.15, 0.2) is 76.4 Å². The Balaban J connectivity index is 1.64. The molecule has 1 unspecified atom stereocenters. The van der Waals surface area contributed by atoms with Gasteiger partial charge in [-0.05, 0) is 106 Å². The number of aryl methyl sites for hydroxylation is 1. The zero-order valence-electron chi connectivity index (χ0n) is 33.1. The van der Waals surface area contributed by atoms with Crippen molar-refractivity contribution in [3.63, 3.8) is 0 Å². The van der Waals surface area contributed by atoms with Crippen molar-refractivity contribution >= 4 is 65.1 Å². The SMILES string of the molecule is CC1(C)C(/C=C/C=C/C=C2/N(CCCCCC(=O)NCCCN)c3ccc(S(=O)(=O)O)cc3C2(C)CCCCS(=O)(=O)O)=Nc2c1cc(Cl)c[n+]2CCCS(=O)(=O)O. The van der Waals surface area contributed by atoms with Gasteiger partial charge in [0.15, 0.2) is 5.71 Å². The van der Waals surface area contributed by atoms with E-state index in [2.05, 4.69) is 10.2 Å². The summed E-state index contributed by atoms with van der Waals surface area (Å²) < 4.78 is 101. The Morgan fingerprint density at radius 3 is 2.28 bits per heavy atom. The second-order valence-corrected chi connectivity index (χ2v) is 20.3. The van der Waals surface area contributed by atoms with Crippen LogP contribution in [0, 0.1) is 0 Å². The summed E-state index contributed by atoms with van der Waals surface area (Å²) in [4.78, 5) is 18.9. The third-order valence-electron chi connectivity index (χ3n) is 10.5. The summed E-state index contributed by atoms with van der Waals surface area (Å²) in [5, 5.41) is 3.32. The van der Waals surface area contributed by atoms with Gasteiger partial charge in [0, 0.05) is 42.7 Å². The number of carbonyl (C=O) groups is 1. The number of hydrogen-bond donors (Lipinski definition) is 5. The van der Waals surface area contributed by atoms with Crippen LogP contribution in [0.25, 0.3) is 0 Å². The lowest BCUT2D eigenvalue weighted by molar-refractivity contribution is -0.684. The normalized spacial score (nSPS) is 18.7. The average Bonchev–Trinajstić information content (AvgIpc) is 3.50. The summed E-state index contributed by atoms with van der Waals surface area (Å²) in [6, 6.07) is 6.29. The van der Waals surface area contributed by atoms with Gasteiger partial charge < -0.3 is 16.0 Å². The Morgan fingerprint density at radius 2 is 1.60 bits per heavy atom. The summed E-state index contributed by atoms with van der Waals surface area (Å²) in [5.74, 6) is -0.224. The van der Waals surface area contributed by atoms with E-state index in [1.807, 2.05) is 57.2 Å². The molecule has 0 fully saturated rings. The maximum absolute atomic E-state index is 12.3. The van der Waals surface area contributed by atoms with Gasteiger partial charge in [0.25, 0.3) is 30.4 Å². The van der Waals surface area contributed by atoms with Gasteiger partial charge >= 0.3 is 5.82 Å². The molecule has 4 rings (SSSR count). The minimum absolute atomic E-state index is 0.0385. The number of aliphatic imine (C=N–C) groups is 1. The summed E-state index contributed by atoms with van der Waals surface area (Å²) >= 11 is 6.44. The highest BCUT2D eigenvalue weighted by Crippen LogP contribution is 2.51. The largest absolute Gasteiger partial charge is 0.356 e. The molecule has 320 valence electrons. The molecule has 0 radical (unpaired) electrons. The molecule has 0 aliphatic carbocycles. The number of benzene rings is 1. The number of amides is 1. The first-order valence-corrected chi connectivity index (χ1v) is 24.3. The van der Waals surface area contributed by atoms with E-state index in [1.54, 1.807) is 16.8 Å². The number of fused-ring (bicyclic) bond motifs is 2. The second kappa shape index (κ2) is 19.7. The number of rotatable bonds is 22. The Labute approximate surface area is 347 Å². The number of hydrogen-bond acceptors (Lipinski definition) is 10. The molecule has 2 aliphatic rings. The molecule has 2 aromatic rings. The van der Waals surface area contributed by atoms with Crippen molar-refractivity contribution < 1.29 is 48.3 Å². The fraction of sp³-hybridized carbons (Fsp3) is 0.513. The Morgan fingerprint density at radius 1 is 0.897 bits per heavy atom. The molecule has 1 atom stereocenters. The number of nitrogens with zero attached hydrogens (tertiary/aromatic N) is 3. The second-order valence-electron chi connectivity index (χ2n) is 15.3. The summed E-state index contributed by atoms with van der Waals surface area (Å²) in [6.07, 6.45) is 15.3. The summed E-state index contributed by atoms with van der Waals surface area (Å²) in [5.41, 5.74) is 7.93. The first-order chi connectivity index (χ1) is 27.1. The number of halogens is 1. The molecule has 0 saturated heterocycles. The molecule has 2 aliphatic heterocycles. The van der Waals surface area contributed by atoms with Gasteiger partial charge in [-0.3, -0.25) is 18.5 Å². The Hall–Kier alpha value is -3.49. The summed E-state index contributed by atoms with van der Waals surface area (Å²) in [6.45, 7) is 7.77. The number of anilines is 1.